The number of hydrogen-bond donors (Lipinski definition) is 0. The summed E-state index contributed by atoms with van der Waals surface area (Å²) in [5, 5.41) is 11.1. The van der Waals surface area contributed by atoms with Gasteiger partial charge in [0.25, 0.3) is 0 Å². The van der Waals surface area contributed by atoms with E-state index in [1.165, 1.54) is 11.8 Å². The van der Waals surface area contributed by atoms with Crippen LogP contribution in [-0.2, 0) is 5.75 Å². The van der Waals surface area contributed by atoms with E-state index in [9.17, 15) is 5.26 Å². The predicted octanol–water partition coefficient (Wildman–Crippen LogP) is 5.17. The Hall–Kier alpha value is -1.21. The van der Waals surface area contributed by atoms with Crippen LogP contribution in [-0.4, -0.2) is 4.98 Å². The van der Waals surface area contributed by atoms with Crippen molar-refractivity contribution in [1.29, 1.82) is 5.26 Å². The van der Waals surface area contributed by atoms with Crippen molar-refractivity contribution < 1.29 is 0 Å². The summed E-state index contributed by atoms with van der Waals surface area (Å²) in [6.07, 6.45) is 0. The van der Waals surface area contributed by atoms with Crippen LogP contribution in [0, 0.1) is 25.2 Å². The largest absolute Gasteiger partial charge is 0.245 e. The molecule has 0 bridgehead atoms. The highest BCUT2D eigenvalue weighted by Crippen LogP contribution is 2.29. The molecule has 1 heterocycles. The van der Waals surface area contributed by atoms with Crippen LogP contribution in [0.3, 0.4) is 0 Å². The number of aryl methyl sites for hydroxylation is 2. The fraction of sp³-hybridized carbons (Fsp3) is 0.200. The molecule has 0 fully saturated rings. The number of benzene rings is 1. The molecule has 0 aliphatic rings. The van der Waals surface area contributed by atoms with Crippen molar-refractivity contribution in [2.75, 3.05) is 0 Å². The molecule has 0 radical (unpaired) electrons. The maximum atomic E-state index is 9.23. The Morgan fingerprint density at radius 2 is 1.95 bits per heavy atom. The number of nitriles is 1. The zero-order valence-corrected chi connectivity index (χ0v) is 13.4. The average molecular weight is 323 g/mol. The van der Waals surface area contributed by atoms with Gasteiger partial charge in [0.05, 0.1) is 15.6 Å². The first kappa shape index (κ1) is 15.2. The second kappa shape index (κ2) is 6.49. The minimum absolute atomic E-state index is 0.540. The maximum absolute atomic E-state index is 9.23. The molecule has 20 heavy (non-hydrogen) atoms. The summed E-state index contributed by atoms with van der Waals surface area (Å²) in [4.78, 5) is 4.44. The van der Waals surface area contributed by atoms with E-state index in [2.05, 4.69) is 11.1 Å². The number of hydrogen-bond acceptors (Lipinski definition) is 3. The van der Waals surface area contributed by atoms with Crippen LogP contribution in [0.4, 0.5) is 0 Å². The molecule has 0 aliphatic heterocycles. The third kappa shape index (κ3) is 3.46. The van der Waals surface area contributed by atoms with Crippen LogP contribution < -0.4 is 0 Å². The summed E-state index contributed by atoms with van der Waals surface area (Å²) in [6, 6.07) is 9.68. The smallest absolute Gasteiger partial charge is 0.115 e. The van der Waals surface area contributed by atoms with Gasteiger partial charge in [-0.05, 0) is 43.2 Å². The molecule has 0 saturated heterocycles. The minimum atomic E-state index is 0.540. The van der Waals surface area contributed by atoms with Crippen molar-refractivity contribution in [3.8, 4) is 6.07 Å². The van der Waals surface area contributed by atoms with Gasteiger partial charge in [0.2, 0.25) is 0 Å². The van der Waals surface area contributed by atoms with Gasteiger partial charge in [0.15, 0.2) is 0 Å². The van der Waals surface area contributed by atoms with Crippen LogP contribution in [0.2, 0.25) is 10.0 Å². The van der Waals surface area contributed by atoms with E-state index >= 15 is 0 Å². The van der Waals surface area contributed by atoms with Crippen molar-refractivity contribution in [2.24, 2.45) is 0 Å². The molecule has 0 saturated carbocycles. The van der Waals surface area contributed by atoms with Gasteiger partial charge in [-0.2, -0.15) is 5.26 Å². The summed E-state index contributed by atoms with van der Waals surface area (Å²) in [5.41, 5.74) is 3.56. The molecule has 1 aromatic heterocycles. The Labute approximate surface area is 132 Å². The first-order chi connectivity index (χ1) is 9.51. The Balaban J connectivity index is 2.23. The first-order valence-electron chi connectivity index (χ1n) is 5.96. The Bertz CT molecular complexity index is 693. The summed E-state index contributed by atoms with van der Waals surface area (Å²) in [7, 11) is 0. The summed E-state index contributed by atoms with van der Waals surface area (Å²) in [5.74, 6) is 0.696. The quantitative estimate of drug-likeness (QED) is 0.731. The van der Waals surface area contributed by atoms with E-state index < -0.39 is 0 Å². The molecule has 5 heteroatoms. The molecule has 0 unspecified atom stereocenters. The average Bonchev–Trinajstić information content (AvgIpc) is 2.39. The van der Waals surface area contributed by atoms with E-state index in [1.54, 1.807) is 6.07 Å². The number of pyridine rings is 1. The van der Waals surface area contributed by atoms with Crippen LogP contribution in [0.5, 0.6) is 0 Å². The second-order valence-electron chi connectivity index (χ2n) is 4.41. The molecule has 0 atom stereocenters. The molecule has 0 N–H and O–H groups in total. The molecule has 0 spiro atoms. The lowest BCUT2D eigenvalue weighted by Gasteiger charge is -2.08. The van der Waals surface area contributed by atoms with E-state index in [1.807, 2.05) is 32.0 Å². The van der Waals surface area contributed by atoms with Crippen molar-refractivity contribution in [1.82, 2.24) is 4.98 Å². The third-order valence-corrected chi connectivity index (χ3v) is 4.57. The summed E-state index contributed by atoms with van der Waals surface area (Å²) < 4.78 is 0. The maximum Gasteiger partial charge on any atom is 0.115 e. The van der Waals surface area contributed by atoms with Crippen molar-refractivity contribution in [3.63, 3.8) is 0 Å². The van der Waals surface area contributed by atoms with Gasteiger partial charge < -0.3 is 0 Å². The number of rotatable bonds is 3. The lowest BCUT2D eigenvalue weighted by atomic mass is 10.1. The Morgan fingerprint density at radius 3 is 2.60 bits per heavy atom. The van der Waals surface area contributed by atoms with Crippen molar-refractivity contribution in [2.45, 2.75) is 24.6 Å². The second-order valence-corrected chi connectivity index (χ2v) is 6.19. The van der Waals surface area contributed by atoms with Gasteiger partial charge in [0, 0.05) is 11.4 Å². The molecular weight excluding hydrogens is 311 g/mol. The molecule has 2 rings (SSSR count). The molecule has 2 nitrogen and oxygen atoms in total. The summed E-state index contributed by atoms with van der Waals surface area (Å²) in [6.45, 7) is 3.85. The monoisotopic (exact) mass is 322 g/mol. The Morgan fingerprint density at radius 1 is 1.20 bits per heavy atom. The first-order valence-corrected chi connectivity index (χ1v) is 7.70. The zero-order valence-electron chi connectivity index (χ0n) is 11.1. The molecule has 102 valence electrons. The van der Waals surface area contributed by atoms with Crippen LogP contribution in [0.15, 0.2) is 29.3 Å². The van der Waals surface area contributed by atoms with Gasteiger partial charge in [-0.3, -0.25) is 0 Å². The molecule has 1 aromatic carbocycles. The van der Waals surface area contributed by atoms with Gasteiger partial charge in [-0.25, -0.2) is 4.98 Å². The number of nitrogens with zero attached hydrogens (tertiary/aromatic N) is 2. The highest BCUT2D eigenvalue weighted by Gasteiger charge is 2.09. The third-order valence-electron chi connectivity index (χ3n) is 2.78. The normalized spacial score (nSPS) is 10.3. The van der Waals surface area contributed by atoms with Crippen LogP contribution in [0.1, 0.15) is 22.4 Å². The highest BCUT2D eigenvalue weighted by atomic mass is 35.5. The van der Waals surface area contributed by atoms with Gasteiger partial charge >= 0.3 is 0 Å². The van der Waals surface area contributed by atoms with E-state index in [4.69, 9.17) is 23.2 Å². The van der Waals surface area contributed by atoms with Crippen LogP contribution in [0.25, 0.3) is 0 Å². The lowest BCUT2D eigenvalue weighted by Crippen LogP contribution is -1.94. The predicted molar refractivity (Wildman–Crippen MR) is 84.4 cm³/mol. The van der Waals surface area contributed by atoms with Gasteiger partial charge in [-0.15, -0.1) is 11.8 Å². The van der Waals surface area contributed by atoms with E-state index in [0.29, 0.717) is 21.4 Å². The molecule has 0 aliphatic carbocycles. The van der Waals surface area contributed by atoms with Gasteiger partial charge in [0.1, 0.15) is 11.1 Å². The fourth-order valence-corrected chi connectivity index (χ4v) is 3.19. The van der Waals surface area contributed by atoms with Gasteiger partial charge in [-0.1, -0.05) is 29.3 Å². The molecule has 0 amide bonds. The summed E-state index contributed by atoms with van der Waals surface area (Å²) >= 11 is 13.4. The molecular formula is C15H12Cl2N2S. The topological polar surface area (TPSA) is 36.7 Å². The number of aromatic nitrogens is 1. The SMILES string of the molecule is Cc1cc(C)c(C#N)c(SCc2ccc(Cl)c(Cl)c2)n1. The lowest BCUT2D eigenvalue weighted by molar-refractivity contribution is 1.03. The van der Waals surface area contributed by atoms with Crippen molar-refractivity contribution in [3.05, 3.63) is 56.7 Å². The minimum Gasteiger partial charge on any atom is -0.245 e. The van der Waals surface area contributed by atoms with Crippen LogP contribution >= 0.6 is 35.0 Å². The standard InChI is InChI=1S/C15H12Cl2N2S/c1-9-5-10(2)19-15(12(9)7-18)20-8-11-3-4-13(16)14(17)6-11/h3-6H,8H2,1-2H3. The molecule has 2 aromatic rings. The van der Waals surface area contributed by atoms with E-state index in [-0.39, 0.29) is 0 Å². The number of halogens is 2. The fourth-order valence-electron chi connectivity index (χ4n) is 1.82. The highest BCUT2D eigenvalue weighted by molar-refractivity contribution is 7.98. The van der Waals surface area contributed by atoms with E-state index in [0.717, 1.165) is 21.8 Å². The number of thioether (sulfide) groups is 1. The Kier molecular flexibility index (Phi) is 4.93. The zero-order chi connectivity index (χ0) is 14.7. The van der Waals surface area contributed by atoms with Crippen molar-refractivity contribution >= 4 is 35.0 Å².